The molecule has 0 bridgehead atoms. The lowest BCUT2D eigenvalue weighted by Gasteiger charge is -2.08. The standard InChI is InChI=1S/C10H15N3O5S2/c1-6-5-19-7(9(14)18-2)8(6)20(16,17)13-4-3-12-10(11)15/h5,13H,3-4H2,1-2H3,(H3,11,12,15). The van der Waals surface area contributed by atoms with Crippen molar-refractivity contribution >= 4 is 33.4 Å². The number of urea groups is 1. The van der Waals surface area contributed by atoms with Gasteiger partial charge in [0.25, 0.3) is 0 Å². The van der Waals surface area contributed by atoms with Crippen LogP contribution >= 0.6 is 11.3 Å². The Kier molecular flexibility index (Phi) is 5.48. The van der Waals surface area contributed by atoms with Crippen molar-refractivity contribution in [3.8, 4) is 0 Å². The van der Waals surface area contributed by atoms with Crippen LogP contribution in [-0.2, 0) is 14.8 Å². The highest BCUT2D eigenvalue weighted by atomic mass is 32.2. The second-order valence-electron chi connectivity index (χ2n) is 3.76. The molecule has 2 amide bonds. The van der Waals surface area contributed by atoms with E-state index in [0.29, 0.717) is 5.56 Å². The van der Waals surface area contributed by atoms with Crippen molar-refractivity contribution in [2.75, 3.05) is 20.2 Å². The summed E-state index contributed by atoms with van der Waals surface area (Å²) >= 11 is 0.996. The summed E-state index contributed by atoms with van der Waals surface area (Å²) < 4.78 is 31.1. The number of methoxy groups -OCH3 is 1. The number of amides is 2. The first kappa shape index (κ1) is 16.4. The van der Waals surface area contributed by atoms with Crippen molar-refractivity contribution in [1.82, 2.24) is 10.0 Å². The monoisotopic (exact) mass is 321 g/mol. The molecule has 0 aliphatic carbocycles. The molecule has 10 heteroatoms. The van der Waals surface area contributed by atoms with E-state index in [1.807, 2.05) is 0 Å². The number of hydrogen-bond donors (Lipinski definition) is 3. The third kappa shape index (κ3) is 3.92. The summed E-state index contributed by atoms with van der Waals surface area (Å²) in [5.74, 6) is -0.710. The maximum Gasteiger partial charge on any atom is 0.349 e. The number of primary amides is 1. The number of esters is 1. The molecule has 0 saturated heterocycles. The summed E-state index contributed by atoms with van der Waals surface area (Å²) in [7, 11) is -2.69. The fourth-order valence-corrected chi connectivity index (χ4v) is 4.18. The number of aryl methyl sites for hydroxylation is 1. The van der Waals surface area contributed by atoms with Crippen LogP contribution in [0.15, 0.2) is 10.3 Å². The number of sulfonamides is 1. The third-order valence-electron chi connectivity index (χ3n) is 2.27. The Hall–Kier alpha value is -1.65. The van der Waals surface area contributed by atoms with Crippen LogP contribution < -0.4 is 15.8 Å². The lowest BCUT2D eigenvalue weighted by molar-refractivity contribution is 0.0602. The quantitative estimate of drug-likeness (QED) is 0.493. The maximum absolute atomic E-state index is 12.1. The number of thiophene rings is 1. The van der Waals surface area contributed by atoms with E-state index >= 15 is 0 Å². The first-order chi connectivity index (χ1) is 9.29. The summed E-state index contributed by atoms with van der Waals surface area (Å²) in [5, 5.41) is 3.81. The van der Waals surface area contributed by atoms with Crippen LogP contribution in [0.1, 0.15) is 15.2 Å². The van der Waals surface area contributed by atoms with Crippen molar-refractivity contribution in [1.29, 1.82) is 0 Å². The van der Waals surface area contributed by atoms with E-state index in [-0.39, 0.29) is 22.9 Å². The van der Waals surface area contributed by atoms with Crippen LogP contribution in [-0.4, -0.2) is 40.6 Å². The van der Waals surface area contributed by atoms with Gasteiger partial charge in [-0.05, 0) is 17.9 Å². The first-order valence-electron chi connectivity index (χ1n) is 5.49. The molecule has 1 rings (SSSR count). The van der Waals surface area contributed by atoms with Crippen LogP contribution in [0.3, 0.4) is 0 Å². The van der Waals surface area contributed by atoms with E-state index in [4.69, 9.17) is 5.73 Å². The van der Waals surface area contributed by atoms with Crippen LogP contribution in [0, 0.1) is 6.92 Å². The molecule has 0 radical (unpaired) electrons. The molecular formula is C10H15N3O5S2. The average Bonchev–Trinajstić information content (AvgIpc) is 2.76. The summed E-state index contributed by atoms with van der Waals surface area (Å²) in [4.78, 5) is 21.9. The van der Waals surface area contributed by atoms with Gasteiger partial charge in [0, 0.05) is 13.1 Å². The average molecular weight is 321 g/mol. The zero-order valence-corrected chi connectivity index (χ0v) is 12.6. The number of ether oxygens (including phenoxy) is 1. The van der Waals surface area contributed by atoms with Gasteiger partial charge in [-0.15, -0.1) is 11.3 Å². The van der Waals surface area contributed by atoms with Gasteiger partial charge in [-0.1, -0.05) is 0 Å². The highest BCUT2D eigenvalue weighted by Crippen LogP contribution is 2.27. The Morgan fingerprint density at radius 1 is 1.40 bits per heavy atom. The zero-order valence-electron chi connectivity index (χ0n) is 10.9. The molecule has 0 fully saturated rings. The predicted molar refractivity (Wildman–Crippen MR) is 73.2 cm³/mol. The normalized spacial score (nSPS) is 11.1. The van der Waals surface area contributed by atoms with Gasteiger partial charge in [0.05, 0.1) is 7.11 Å². The number of hydrogen-bond acceptors (Lipinski definition) is 6. The fourth-order valence-electron chi connectivity index (χ4n) is 1.44. The molecule has 0 atom stereocenters. The van der Waals surface area contributed by atoms with Crippen molar-refractivity contribution in [3.63, 3.8) is 0 Å². The minimum Gasteiger partial charge on any atom is -0.465 e. The highest BCUT2D eigenvalue weighted by Gasteiger charge is 2.27. The van der Waals surface area contributed by atoms with Crippen LogP contribution in [0.25, 0.3) is 0 Å². The molecule has 20 heavy (non-hydrogen) atoms. The van der Waals surface area contributed by atoms with Crippen molar-refractivity contribution in [2.24, 2.45) is 5.73 Å². The molecule has 0 saturated carbocycles. The van der Waals surface area contributed by atoms with E-state index in [2.05, 4.69) is 14.8 Å². The third-order valence-corrected chi connectivity index (χ3v) is 5.13. The van der Waals surface area contributed by atoms with Crippen LogP contribution in [0.2, 0.25) is 0 Å². The summed E-state index contributed by atoms with van der Waals surface area (Å²) in [6.07, 6.45) is 0. The Morgan fingerprint density at radius 3 is 2.60 bits per heavy atom. The molecule has 112 valence electrons. The van der Waals surface area contributed by atoms with Gasteiger partial charge < -0.3 is 15.8 Å². The minimum absolute atomic E-state index is 0.0142. The molecule has 0 unspecified atom stereocenters. The van der Waals surface area contributed by atoms with Crippen LogP contribution in [0.4, 0.5) is 4.79 Å². The smallest absolute Gasteiger partial charge is 0.349 e. The molecule has 4 N–H and O–H groups in total. The number of rotatable bonds is 6. The zero-order chi connectivity index (χ0) is 15.3. The summed E-state index contributed by atoms with van der Waals surface area (Å²) in [6.45, 7) is 1.59. The molecular weight excluding hydrogens is 306 g/mol. The predicted octanol–water partition coefficient (Wildman–Crippen LogP) is -0.210. The Morgan fingerprint density at radius 2 is 2.05 bits per heavy atom. The van der Waals surface area contributed by atoms with Crippen molar-refractivity contribution in [3.05, 3.63) is 15.8 Å². The number of nitrogens with one attached hydrogen (secondary N) is 2. The van der Waals surface area contributed by atoms with Gasteiger partial charge in [-0.2, -0.15) is 0 Å². The second-order valence-corrected chi connectivity index (χ2v) is 6.34. The second kappa shape index (κ2) is 6.68. The van der Waals surface area contributed by atoms with E-state index in [0.717, 1.165) is 11.3 Å². The van der Waals surface area contributed by atoms with Gasteiger partial charge in [-0.25, -0.2) is 22.7 Å². The van der Waals surface area contributed by atoms with Gasteiger partial charge in [0.15, 0.2) is 0 Å². The topological polar surface area (TPSA) is 128 Å². The molecule has 0 aliphatic rings. The number of nitrogens with two attached hydrogens (primary N) is 1. The molecule has 1 heterocycles. The number of carbonyl (C=O) groups is 2. The lowest BCUT2D eigenvalue weighted by Crippen LogP contribution is -2.37. The SMILES string of the molecule is COC(=O)c1scc(C)c1S(=O)(=O)NCCNC(N)=O. The van der Waals surface area contributed by atoms with Crippen molar-refractivity contribution in [2.45, 2.75) is 11.8 Å². The molecule has 8 nitrogen and oxygen atoms in total. The van der Waals surface area contributed by atoms with E-state index in [9.17, 15) is 18.0 Å². The molecule has 0 aliphatic heterocycles. The Labute approximate surface area is 120 Å². The van der Waals surface area contributed by atoms with Crippen LogP contribution in [0.5, 0.6) is 0 Å². The Balaban J connectivity index is 2.90. The van der Waals surface area contributed by atoms with E-state index in [1.165, 1.54) is 7.11 Å². The fraction of sp³-hybridized carbons (Fsp3) is 0.400. The van der Waals surface area contributed by atoms with Gasteiger partial charge in [0.2, 0.25) is 10.0 Å². The van der Waals surface area contributed by atoms with Gasteiger partial charge in [0.1, 0.15) is 9.77 Å². The lowest BCUT2D eigenvalue weighted by atomic mass is 10.3. The first-order valence-corrected chi connectivity index (χ1v) is 7.85. The maximum atomic E-state index is 12.1. The number of carbonyl (C=O) groups excluding carboxylic acids is 2. The van der Waals surface area contributed by atoms with Gasteiger partial charge >= 0.3 is 12.0 Å². The minimum atomic E-state index is -3.86. The van der Waals surface area contributed by atoms with Gasteiger partial charge in [-0.3, -0.25) is 0 Å². The van der Waals surface area contributed by atoms with E-state index in [1.54, 1.807) is 12.3 Å². The van der Waals surface area contributed by atoms with E-state index < -0.39 is 22.0 Å². The summed E-state index contributed by atoms with van der Waals surface area (Å²) in [6, 6.07) is -0.744. The molecule has 1 aromatic rings. The largest absolute Gasteiger partial charge is 0.465 e. The molecule has 1 aromatic heterocycles. The summed E-state index contributed by atoms with van der Waals surface area (Å²) in [5.41, 5.74) is 5.31. The molecule has 0 aromatic carbocycles. The highest BCUT2D eigenvalue weighted by molar-refractivity contribution is 7.89. The molecule has 0 spiro atoms. The van der Waals surface area contributed by atoms with Crippen molar-refractivity contribution < 1.29 is 22.7 Å². The Bertz CT molecular complexity index is 608.